The summed E-state index contributed by atoms with van der Waals surface area (Å²) in [6, 6.07) is 8.41. The Bertz CT molecular complexity index is 590. The van der Waals surface area contributed by atoms with E-state index in [1.807, 2.05) is 26.0 Å². The van der Waals surface area contributed by atoms with Gasteiger partial charge < -0.3 is 10.4 Å². The van der Waals surface area contributed by atoms with Gasteiger partial charge in [0.05, 0.1) is 0 Å². The number of halogens is 2. The molecule has 0 heterocycles. The SMILES string of the molecule is Cc1cc(CNc2ccc(F)cc2Br)cc(C)c1O. The second kappa shape index (κ2) is 5.61. The van der Waals surface area contributed by atoms with Crippen LogP contribution in [0, 0.1) is 19.7 Å². The monoisotopic (exact) mass is 323 g/mol. The Hall–Kier alpha value is -1.55. The van der Waals surface area contributed by atoms with Gasteiger partial charge in [0, 0.05) is 16.7 Å². The molecule has 0 atom stereocenters. The van der Waals surface area contributed by atoms with Gasteiger partial charge in [-0.25, -0.2) is 4.39 Å². The molecule has 0 saturated heterocycles. The molecule has 0 unspecified atom stereocenters. The summed E-state index contributed by atoms with van der Waals surface area (Å²) in [4.78, 5) is 0. The fraction of sp³-hybridized carbons (Fsp3) is 0.200. The number of phenols is 1. The van der Waals surface area contributed by atoms with Crippen molar-refractivity contribution in [1.82, 2.24) is 0 Å². The Labute approximate surface area is 120 Å². The highest BCUT2D eigenvalue weighted by Crippen LogP contribution is 2.26. The number of phenolic OH excluding ortho intramolecular Hbond substituents is 1. The summed E-state index contributed by atoms with van der Waals surface area (Å²) < 4.78 is 13.7. The zero-order chi connectivity index (χ0) is 14.0. The lowest BCUT2D eigenvalue weighted by Gasteiger charge is -2.11. The molecule has 4 heteroatoms. The predicted octanol–water partition coefficient (Wildman–Crippen LogP) is 4.52. The fourth-order valence-corrected chi connectivity index (χ4v) is 2.47. The van der Waals surface area contributed by atoms with Gasteiger partial charge in [0.2, 0.25) is 0 Å². The van der Waals surface area contributed by atoms with Crippen LogP contribution in [0.25, 0.3) is 0 Å². The molecule has 2 rings (SSSR count). The largest absolute Gasteiger partial charge is 0.507 e. The average Bonchev–Trinajstić information content (AvgIpc) is 2.34. The molecule has 2 aromatic rings. The van der Waals surface area contributed by atoms with E-state index in [4.69, 9.17) is 0 Å². The van der Waals surface area contributed by atoms with Crippen LogP contribution in [0.3, 0.4) is 0 Å². The lowest BCUT2D eigenvalue weighted by Crippen LogP contribution is -2.01. The molecule has 0 radical (unpaired) electrons. The molecule has 100 valence electrons. The Morgan fingerprint density at radius 3 is 2.37 bits per heavy atom. The normalized spacial score (nSPS) is 10.5. The molecule has 2 nitrogen and oxygen atoms in total. The van der Waals surface area contributed by atoms with Gasteiger partial charge in [-0.3, -0.25) is 0 Å². The van der Waals surface area contributed by atoms with Crippen molar-refractivity contribution in [3.05, 3.63) is 57.3 Å². The van der Waals surface area contributed by atoms with Gasteiger partial charge in [-0.1, -0.05) is 12.1 Å². The molecular weight excluding hydrogens is 309 g/mol. The minimum absolute atomic E-state index is 0.270. The Balaban J connectivity index is 2.14. The molecule has 2 aromatic carbocycles. The quantitative estimate of drug-likeness (QED) is 0.870. The van der Waals surface area contributed by atoms with Crippen molar-refractivity contribution >= 4 is 21.6 Å². The van der Waals surface area contributed by atoms with Gasteiger partial charge in [0.25, 0.3) is 0 Å². The second-order valence-corrected chi connectivity index (χ2v) is 5.41. The lowest BCUT2D eigenvalue weighted by molar-refractivity contribution is 0.466. The van der Waals surface area contributed by atoms with E-state index in [0.717, 1.165) is 22.4 Å². The number of anilines is 1. The molecule has 0 amide bonds. The maximum absolute atomic E-state index is 13.0. The Morgan fingerprint density at radius 2 is 1.79 bits per heavy atom. The van der Waals surface area contributed by atoms with E-state index in [0.29, 0.717) is 16.8 Å². The van der Waals surface area contributed by atoms with Crippen molar-refractivity contribution in [1.29, 1.82) is 0 Å². The molecule has 0 fully saturated rings. The maximum Gasteiger partial charge on any atom is 0.124 e. The van der Waals surface area contributed by atoms with Crippen LogP contribution < -0.4 is 5.32 Å². The van der Waals surface area contributed by atoms with Crippen molar-refractivity contribution in [2.24, 2.45) is 0 Å². The molecule has 0 aliphatic rings. The molecule has 0 aromatic heterocycles. The standard InChI is InChI=1S/C15H15BrFNO/c1-9-5-11(6-10(2)15(9)19)8-18-14-4-3-12(17)7-13(14)16/h3-7,18-19H,8H2,1-2H3. The van der Waals surface area contributed by atoms with Gasteiger partial charge in [0.15, 0.2) is 0 Å². The van der Waals surface area contributed by atoms with Gasteiger partial charge in [-0.15, -0.1) is 0 Å². The summed E-state index contributed by atoms with van der Waals surface area (Å²) in [5.41, 5.74) is 3.62. The van der Waals surface area contributed by atoms with Crippen molar-refractivity contribution in [2.75, 3.05) is 5.32 Å². The lowest BCUT2D eigenvalue weighted by atomic mass is 10.1. The highest BCUT2D eigenvalue weighted by Gasteiger charge is 2.05. The van der Waals surface area contributed by atoms with E-state index in [9.17, 15) is 9.50 Å². The average molecular weight is 324 g/mol. The maximum atomic E-state index is 13.0. The first kappa shape index (κ1) is 13.9. The highest BCUT2D eigenvalue weighted by molar-refractivity contribution is 9.10. The van der Waals surface area contributed by atoms with E-state index < -0.39 is 0 Å². The zero-order valence-electron chi connectivity index (χ0n) is 10.8. The third kappa shape index (κ3) is 3.26. The summed E-state index contributed by atoms with van der Waals surface area (Å²) in [6.07, 6.45) is 0. The second-order valence-electron chi connectivity index (χ2n) is 4.56. The minimum atomic E-state index is -0.270. The van der Waals surface area contributed by atoms with Crippen molar-refractivity contribution in [3.8, 4) is 5.75 Å². The first-order valence-corrected chi connectivity index (χ1v) is 6.74. The molecular formula is C15H15BrFNO. The van der Waals surface area contributed by atoms with E-state index >= 15 is 0 Å². The third-order valence-electron chi connectivity index (χ3n) is 2.96. The van der Waals surface area contributed by atoms with E-state index in [1.54, 1.807) is 6.07 Å². The van der Waals surface area contributed by atoms with Crippen LogP contribution in [-0.2, 0) is 6.54 Å². The van der Waals surface area contributed by atoms with Gasteiger partial charge >= 0.3 is 0 Å². The molecule has 0 aliphatic carbocycles. The number of aromatic hydroxyl groups is 1. The number of benzene rings is 2. The zero-order valence-corrected chi connectivity index (χ0v) is 12.4. The molecule has 0 bridgehead atoms. The van der Waals surface area contributed by atoms with Crippen LogP contribution in [0.5, 0.6) is 5.75 Å². The first-order valence-electron chi connectivity index (χ1n) is 5.95. The van der Waals surface area contributed by atoms with Crippen LogP contribution in [0.15, 0.2) is 34.8 Å². The number of aryl methyl sites for hydroxylation is 2. The van der Waals surface area contributed by atoms with Gasteiger partial charge in [-0.05, 0) is 64.7 Å². The number of hydrogen-bond acceptors (Lipinski definition) is 2. The van der Waals surface area contributed by atoms with Crippen LogP contribution in [-0.4, -0.2) is 5.11 Å². The van der Waals surface area contributed by atoms with E-state index in [2.05, 4.69) is 21.2 Å². The van der Waals surface area contributed by atoms with Gasteiger partial charge in [-0.2, -0.15) is 0 Å². The van der Waals surface area contributed by atoms with E-state index in [-0.39, 0.29) is 5.82 Å². The van der Waals surface area contributed by atoms with Crippen LogP contribution in [0.1, 0.15) is 16.7 Å². The molecule has 0 aliphatic heterocycles. The summed E-state index contributed by atoms with van der Waals surface area (Å²) in [7, 11) is 0. The molecule has 19 heavy (non-hydrogen) atoms. The summed E-state index contributed by atoms with van der Waals surface area (Å²) in [5.74, 6) is 0.0699. The third-order valence-corrected chi connectivity index (χ3v) is 3.62. The van der Waals surface area contributed by atoms with Crippen LogP contribution in [0.2, 0.25) is 0 Å². The molecule has 0 spiro atoms. The summed E-state index contributed by atoms with van der Waals surface area (Å²) in [5, 5.41) is 13.0. The Morgan fingerprint density at radius 1 is 1.16 bits per heavy atom. The Kier molecular flexibility index (Phi) is 4.10. The summed E-state index contributed by atoms with van der Waals surface area (Å²) in [6.45, 7) is 4.37. The van der Waals surface area contributed by atoms with Crippen molar-refractivity contribution < 1.29 is 9.50 Å². The molecule has 2 N–H and O–H groups in total. The smallest absolute Gasteiger partial charge is 0.124 e. The number of hydrogen-bond donors (Lipinski definition) is 2. The van der Waals surface area contributed by atoms with Crippen molar-refractivity contribution in [3.63, 3.8) is 0 Å². The van der Waals surface area contributed by atoms with Crippen LogP contribution >= 0.6 is 15.9 Å². The van der Waals surface area contributed by atoms with Gasteiger partial charge in [0.1, 0.15) is 11.6 Å². The van der Waals surface area contributed by atoms with E-state index in [1.165, 1.54) is 12.1 Å². The highest BCUT2D eigenvalue weighted by atomic mass is 79.9. The molecule has 0 saturated carbocycles. The predicted molar refractivity (Wildman–Crippen MR) is 79.0 cm³/mol. The number of nitrogens with one attached hydrogen (secondary N) is 1. The number of rotatable bonds is 3. The topological polar surface area (TPSA) is 32.3 Å². The summed E-state index contributed by atoms with van der Waals surface area (Å²) >= 11 is 3.32. The fourth-order valence-electron chi connectivity index (χ4n) is 1.98. The van der Waals surface area contributed by atoms with Crippen LogP contribution in [0.4, 0.5) is 10.1 Å². The van der Waals surface area contributed by atoms with Crippen molar-refractivity contribution in [2.45, 2.75) is 20.4 Å². The minimum Gasteiger partial charge on any atom is -0.507 e. The first-order chi connectivity index (χ1) is 8.97.